The van der Waals surface area contributed by atoms with Gasteiger partial charge in [-0.15, -0.1) is 0 Å². The number of halogens is 1. The maximum Gasteiger partial charge on any atom is 0.250 e. The van der Waals surface area contributed by atoms with Crippen LogP contribution in [0.5, 0.6) is 17.2 Å². The highest BCUT2D eigenvalue weighted by Gasteiger charge is 2.19. The van der Waals surface area contributed by atoms with Crippen LogP contribution in [0.15, 0.2) is 46.9 Å². The Kier molecular flexibility index (Phi) is 6.17. The SMILES string of the molecule is COc1cc(Cn2c(-c3cccc(Br)c3)cc(C(N)=O)c2C)cc(OC)c1OC. The van der Waals surface area contributed by atoms with Crippen LogP contribution in [-0.2, 0) is 6.54 Å². The Labute approximate surface area is 178 Å². The van der Waals surface area contributed by atoms with E-state index in [2.05, 4.69) is 20.5 Å². The largest absolute Gasteiger partial charge is 0.493 e. The molecule has 0 aliphatic heterocycles. The van der Waals surface area contributed by atoms with Gasteiger partial charge in [0, 0.05) is 22.4 Å². The fraction of sp³-hybridized carbons (Fsp3) is 0.227. The second-order valence-corrected chi connectivity index (χ2v) is 7.44. The molecule has 6 nitrogen and oxygen atoms in total. The van der Waals surface area contributed by atoms with Gasteiger partial charge in [0.05, 0.1) is 26.9 Å². The van der Waals surface area contributed by atoms with E-state index in [0.717, 1.165) is 27.0 Å². The lowest BCUT2D eigenvalue weighted by Gasteiger charge is -2.17. The van der Waals surface area contributed by atoms with E-state index in [4.69, 9.17) is 19.9 Å². The molecule has 1 amide bonds. The molecule has 0 aliphatic carbocycles. The van der Waals surface area contributed by atoms with E-state index in [1.165, 1.54) is 0 Å². The second kappa shape index (κ2) is 8.61. The molecule has 0 spiro atoms. The first-order valence-electron chi connectivity index (χ1n) is 8.94. The molecule has 1 aromatic heterocycles. The molecule has 0 radical (unpaired) electrons. The summed E-state index contributed by atoms with van der Waals surface area (Å²) in [7, 11) is 4.74. The minimum Gasteiger partial charge on any atom is -0.493 e. The number of nitrogens with two attached hydrogens (primary N) is 1. The number of aromatic nitrogens is 1. The van der Waals surface area contributed by atoms with Crippen molar-refractivity contribution >= 4 is 21.8 Å². The number of hydrogen-bond acceptors (Lipinski definition) is 4. The van der Waals surface area contributed by atoms with Crippen molar-refractivity contribution in [3.63, 3.8) is 0 Å². The van der Waals surface area contributed by atoms with Crippen molar-refractivity contribution in [2.45, 2.75) is 13.5 Å². The molecule has 2 N–H and O–H groups in total. The average molecular weight is 459 g/mol. The normalized spacial score (nSPS) is 10.7. The van der Waals surface area contributed by atoms with Crippen LogP contribution in [0, 0.1) is 6.92 Å². The third-order valence-corrected chi connectivity index (χ3v) is 5.31. The topological polar surface area (TPSA) is 75.7 Å². The highest BCUT2D eigenvalue weighted by molar-refractivity contribution is 9.10. The van der Waals surface area contributed by atoms with Crippen molar-refractivity contribution in [1.29, 1.82) is 0 Å². The predicted octanol–water partition coefficient (Wildman–Crippen LogP) is 4.40. The van der Waals surface area contributed by atoms with Crippen LogP contribution in [0.3, 0.4) is 0 Å². The quantitative estimate of drug-likeness (QED) is 0.569. The Hall–Kier alpha value is -2.93. The zero-order valence-corrected chi connectivity index (χ0v) is 18.4. The predicted molar refractivity (Wildman–Crippen MR) is 116 cm³/mol. The van der Waals surface area contributed by atoms with E-state index in [9.17, 15) is 4.79 Å². The summed E-state index contributed by atoms with van der Waals surface area (Å²) in [6.07, 6.45) is 0. The number of rotatable bonds is 7. The fourth-order valence-corrected chi connectivity index (χ4v) is 3.79. The molecular weight excluding hydrogens is 436 g/mol. The lowest BCUT2D eigenvalue weighted by Crippen LogP contribution is -2.13. The maximum atomic E-state index is 12.0. The maximum absolute atomic E-state index is 12.0. The minimum atomic E-state index is -0.456. The molecule has 0 atom stereocenters. The third-order valence-electron chi connectivity index (χ3n) is 4.82. The number of carbonyl (C=O) groups excluding carboxylic acids is 1. The van der Waals surface area contributed by atoms with Crippen molar-refractivity contribution in [1.82, 2.24) is 4.57 Å². The van der Waals surface area contributed by atoms with Crippen LogP contribution in [0.25, 0.3) is 11.3 Å². The molecule has 0 saturated carbocycles. The van der Waals surface area contributed by atoms with Crippen molar-refractivity contribution in [2.24, 2.45) is 5.73 Å². The van der Waals surface area contributed by atoms with Gasteiger partial charge in [-0.3, -0.25) is 4.79 Å². The monoisotopic (exact) mass is 458 g/mol. The molecule has 0 unspecified atom stereocenters. The Morgan fingerprint density at radius 3 is 2.21 bits per heavy atom. The lowest BCUT2D eigenvalue weighted by molar-refractivity contribution is 0.0999. The molecule has 152 valence electrons. The summed E-state index contributed by atoms with van der Waals surface area (Å²) in [4.78, 5) is 12.0. The highest BCUT2D eigenvalue weighted by atomic mass is 79.9. The van der Waals surface area contributed by atoms with E-state index in [1.807, 2.05) is 49.4 Å². The second-order valence-electron chi connectivity index (χ2n) is 6.52. The van der Waals surface area contributed by atoms with Crippen LogP contribution in [0.4, 0.5) is 0 Å². The van der Waals surface area contributed by atoms with Crippen molar-refractivity contribution in [2.75, 3.05) is 21.3 Å². The summed E-state index contributed by atoms with van der Waals surface area (Å²) >= 11 is 3.51. The van der Waals surface area contributed by atoms with Crippen LogP contribution in [-0.4, -0.2) is 31.8 Å². The van der Waals surface area contributed by atoms with Gasteiger partial charge in [0.25, 0.3) is 5.91 Å². The molecular formula is C22H23BrN2O4. The zero-order chi connectivity index (χ0) is 21.1. The van der Waals surface area contributed by atoms with Gasteiger partial charge in [-0.25, -0.2) is 0 Å². The van der Waals surface area contributed by atoms with Crippen molar-refractivity contribution in [3.8, 4) is 28.5 Å². The summed E-state index contributed by atoms with van der Waals surface area (Å²) in [5.41, 5.74) is 9.70. The summed E-state index contributed by atoms with van der Waals surface area (Å²) < 4.78 is 19.4. The van der Waals surface area contributed by atoms with Crippen LogP contribution < -0.4 is 19.9 Å². The number of nitrogens with zero attached hydrogens (tertiary/aromatic N) is 1. The molecule has 0 saturated heterocycles. The van der Waals surface area contributed by atoms with Crippen LogP contribution in [0.2, 0.25) is 0 Å². The molecule has 0 aliphatic rings. The van der Waals surface area contributed by atoms with Crippen molar-refractivity contribution < 1.29 is 19.0 Å². The van der Waals surface area contributed by atoms with Gasteiger partial charge >= 0.3 is 0 Å². The first-order chi connectivity index (χ1) is 13.9. The lowest BCUT2D eigenvalue weighted by atomic mass is 10.1. The Balaban J connectivity index is 2.15. The van der Waals surface area contributed by atoms with Gasteiger partial charge < -0.3 is 24.5 Å². The summed E-state index contributed by atoms with van der Waals surface area (Å²) in [6, 6.07) is 13.5. The van der Waals surface area contributed by atoms with E-state index >= 15 is 0 Å². The van der Waals surface area contributed by atoms with Gasteiger partial charge in [-0.2, -0.15) is 0 Å². The van der Waals surface area contributed by atoms with Crippen LogP contribution >= 0.6 is 15.9 Å². The number of hydrogen-bond donors (Lipinski definition) is 1. The average Bonchev–Trinajstić information content (AvgIpc) is 3.03. The number of methoxy groups -OCH3 is 3. The molecule has 2 aromatic carbocycles. The summed E-state index contributed by atoms with van der Waals surface area (Å²) in [5.74, 6) is 1.23. The number of amides is 1. The Bertz CT molecular complexity index is 1030. The minimum absolute atomic E-state index is 0.456. The molecule has 3 rings (SSSR count). The van der Waals surface area contributed by atoms with E-state index < -0.39 is 5.91 Å². The van der Waals surface area contributed by atoms with E-state index in [1.54, 1.807) is 21.3 Å². The molecule has 0 bridgehead atoms. The molecule has 0 fully saturated rings. The molecule has 7 heteroatoms. The Morgan fingerprint density at radius 1 is 1.03 bits per heavy atom. The molecule has 3 aromatic rings. The zero-order valence-electron chi connectivity index (χ0n) is 16.8. The van der Waals surface area contributed by atoms with Gasteiger partial charge in [0.15, 0.2) is 11.5 Å². The van der Waals surface area contributed by atoms with E-state index in [0.29, 0.717) is 29.4 Å². The van der Waals surface area contributed by atoms with Gasteiger partial charge in [-0.05, 0) is 48.4 Å². The third kappa shape index (κ3) is 4.10. The molecule has 29 heavy (non-hydrogen) atoms. The summed E-state index contributed by atoms with van der Waals surface area (Å²) in [5, 5.41) is 0. The first kappa shape index (κ1) is 20.8. The first-order valence-corrected chi connectivity index (χ1v) is 9.73. The number of carbonyl (C=O) groups is 1. The molecule has 1 heterocycles. The standard InChI is InChI=1S/C22H23BrN2O4/c1-13-17(22(24)26)11-18(15-6-5-7-16(23)10-15)25(13)12-14-8-19(27-2)21(29-4)20(9-14)28-3/h5-11H,12H2,1-4H3,(H2,24,26). The van der Waals surface area contributed by atoms with E-state index in [-0.39, 0.29) is 0 Å². The van der Waals surface area contributed by atoms with Gasteiger partial charge in [0.2, 0.25) is 5.75 Å². The van der Waals surface area contributed by atoms with Gasteiger partial charge in [0.1, 0.15) is 0 Å². The Morgan fingerprint density at radius 2 is 1.69 bits per heavy atom. The van der Waals surface area contributed by atoms with Crippen molar-refractivity contribution in [3.05, 3.63) is 63.8 Å². The fourth-order valence-electron chi connectivity index (χ4n) is 3.39. The van der Waals surface area contributed by atoms with Crippen LogP contribution in [0.1, 0.15) is 21.6 Å². The number of primary amides is 1. The number of ether oxygens (including phenoxy) is 3. The number of benzene rings is 2. The summed E-state index contributed by atoms with van der Waals surface area (Å²) in [6.45, 7) is 2.39. The van der Waals surface area contributed by atoms with Gasteiger partial charge in [-0.1, -0.05) is 28.1 Å². The smallest absolute Gasteiger partial charge is 0.250 e. The highest BCUT2D eigenvalue weighted by Crippen LogP contribution is 2.39.